The zero-order valence-corrected chi connectivity index (χ0v) is 15.1. The van der Waals surface area contributed by atoms with Gasteiger partial charge in [0.1, 0.15) is 11.2 Å². The van der Waals surface area contributed by atoms with Crippen LogP contribution in [0.2, 0.25) is 5.02 Å². The van der Waals surface area contributed by atoms with E-state index in [1.165, 1.54) is 6.07 Å². The summed E-state index contributed by atoms with van der Waals surface area (Å²) in [7, 11) is 3.98. The number of nitrogens with zero attached hydrogens (tertiary/aromatic N) is 2. The first-order valence-electron chi connectivity index (χ1n) is 7.58. The van der Waals surface area contributed by atoms with E-state index in [0.29, 0.717) is 12.3 Å². The molecule has 1 unspecified atom stereocenters. The van der Waals surface area contributed by atoms with Crippen molar-refractivity contribution in [3.63, 3.8) is 0 Å². The fourth-order valence-electron chi connectivity index (χ4n) is 2.66. The van der Waals surface area contributed by atoms with Gasteiger partial charge >= 0.3 is 0 Å². The summed E-state index contributed by atoms with van der Waals surface area (Å²) in [5, 5.41) is -0.0492. The third-order valence-corrected chi connectivity index (χ3v) is 5.55. The molecule has 3 rings (SSSR count). The Balaban J connectivity index is 1.81. The molecule has 1 aliphatic rings. The molecule has 1 aliphatic heterocycles. The van der Waals surface area contributed by atoms with Gasteiger partial charge in [0.2, 0.25) is 5.91 Å². The molecule has 0 saturated carbocycles. The molecule has 0 aromatic heterocycles. The normalized spacial score (nSPS) is 17.4. The van der Waals surface area contributed by atoms with E-state index in [-0.39, 0.29) is 16.3 Å². The molecule has 0 spiro atoms. The van der Waals surface area contributed by atoms with E-state index in [4.69, 9.17) is 11.6 Å². The average molecular weight is 365 g/mol. The molecule has 1 amide bonds. The molecular weight excluding hydrogens is 347 g/mol. The predicted octanol–water partition coefficient (Wildman–Crippen LogP) is 4.32. The van der Waals surface area contributed by atoms with Crippen molar-refractivity contribution in [3.05, 3.63) is 64.4 Å². The lowest BCUT2D eigenvalue weighted by Crippen LogP contribution is -2.27. The second kappa shape index (κ2) is 7.03. The number of carbonyl (C=O) groups excluding carboxylic acids is 1. The van der Waals surface area contributed by atoms with Crippen LogP contribution in [0.4, 0.5) is 10.1 Å². The summed E-state index contributed by atoms with van der Waals surface area (Å²) >= 11 is 7.43. The van der Waals surface area contributed by atoms with Crippen LogP contribution in [0.15, 0.2) is 42.5 Å². The lowest BCUT2D eigenvalue weighted by Gasteiger charge is -2.25. The molecule has 0 aliphatic carbocycles. The van der Waals surface area contributed by atoms with Crippen molar-refractivity contribution in [2.24, 2.45) is 0 Å². The largest absolute Gasteiger partial charge is 0.378 e. The van der Waals surface area contributed by atoms with Crippen LogP contribution in [0.5, 0.6) is 0 Å². The van der Waals surface area contributed by atoms with Gasteiger partial charge in [0, 0.05) is 26.3 Å². The number of carbonyl (C=O) groups is 1. The van der Waals surface area contributed by atoms with Crippen LogP contribution in [0, 0.1) is 5.82 Å². The maximum Gasteiger partial charge on any atom is 0.234 e. The van der Waals surface area contributed by atoms with E-state index in [1.807, 2.05) is 48.2 Å². The molecule has 24 heavy (non-hydrogen) atoms. The highest BCUT2D eigenvalue weighted by molar-refractivity contribution is 8.00. The highest BCUT2D eigenvalue weighted by Gasteiger charge is 2.33. The fourth-order valence-corrected chi connectivity index (χ4v) is 4.03. The smallest absolute Gasteiger partial charge is 0.234 e. The third-order valence-electron chi connectivity index (χ3n) is 4.00. The molecule has 0 radical (unpaired) electrons. The maximum absolute atomic E-state index is 13.4. The lowest BCUT2D eigenvalue weighted by atomic mass is 10.1. The zero-order chi connectivity index (χ0) is 17.3. The first-order valence-corrected chi connectivity index (χ1v) is 9.00. The van der Waals surface area contributed by atoms with Gasteiger partial charge in [-0.15, -0.1) is 11.8 Å². The molecule has 2 aromatic rings. The number of amides is 1. The molecular formula is C18H18ClFN2OS. The molecule has 1 fully saturated rings. The Morgan fingerprint density at radius 3 is 2.58 bits per heavy atom. The van der Waals surface area contributed by atoms with Crippen LogP contribution in [0.25, 0.3) is 0 Å². The minimum Gasteiger partial charge on any atom is -0.378 e. The summed E-state index contributed by atoms with van der Waals surface area (Å²) in [6.07, 6.45) is 0. The van der Waals surface area contributed by atoms with Gasteiger partial charge in [-0.2, -0.15) is 0 Å². The molecule has 1 heterocycles. The van der Waals surface area contributed by atoms with Crippen LogP contribution in [0.1, 0.15) is 16.5 Å². The molecule has 6 heteroatoms. The summed E-state index contributed by atoms with van der Waals surface area (Å²) in [5.74, 6) is 0.0674. The van der Waals surface area contributed by atoms with Crippen molar-refractivity contribution >= 4 is 35.0 Å². The summed E-state index contributed by atoms with van der Waals surface area (Å²) in [4.78, 5) is 16.1. The van der Waals surface area contributed by atoms with Crippen molar-refractivity contribution in [2.45, 2.75) is 11.9 Å². The van der Waals surface area contributed by atoms with Gasteiger partial charge < -0.3 is 9.80 Å². The molecule has 3 nitrogen and oxygen atoms in total. The monoisotopic (exact) mass is 364 g/mol. The predicted molar refractivity (Wildman–Crippen MR) is 97.9 cm³/mol. The molecule has 1 atom stereocenters. The Kier molecular flexibility index (Phi) is 5.01. The second-order valence-electron chi connectivity index (χ2n) is 5.92. The van der Waals surface area contributed by atoms with Crippen molar-refractivity contribution in [1.29, 1.82) is 0 Å². The van der Waals surface area contributed by atoms with Crippen molar-refractivity contribution < 1.29 is 9.18 Å². The quantitative estimate of drug-likeness (QED) is 0.807. The van der Waals surface area contributed by atoms with Gasteiger partial charge in [0.25, 0.3) is 0 Å². The van der Waals surface area contributed by atoms with Gasteiger partial charge in [0.05, 0.1) is 10.8 Å². The van der Waals surface area contributed by atoms with Crippen LogP contribution >= 0.6 is 23.4 Å². The van der Waals surface area contributed by atoms with Crippen LogP contribution in [0.3, 0.4) is 0 Å². The number of halogens is 2. The van der Waals surface area contributed by atoms with Gasteiger partial charge in [-0.05, 0) is 35.4 Å². The Hall–Kier alpha value is -1.72. The standard InChI is InChI=1S/C18H18ClFN2OS/c1-21(2)14-6-3-12(4-7-14)10-22-17(23)11-24-18(22)13-5-8-16(20)15(19)9-13/h3-9,18H,10-11H2,1-2H3. The van der Waals surface area contributed by atoms with E-state index in [1.54, 1.807) is 23.9 Å². The number of hydrogen-bond acceptors (Lipinski definition) is 3. The van der Waals surface area contributed by atoms with E-state index >= 15 is 0 Å². The van der Waals surface area contributed by atoms with E-state index in [0.717, 1.165) is 16.8 Å². The van der Waals surface area contributed by atoms with Crippen molar-refractivity contribution in [1.82, 2.24) is 4.90 Å². The second-order valence-corrected chi connectivity index (χ2v) is 7.40. The van der Waals surface area contributed by atoms with E-state index in [2.05, 4.69) is 0 Å². The summed E-state index contributed by atoms with van der Waals surface area (Å²) in [6.45, 7) is 0.527. The number of hydrogen-bond donors (Lipinski definition) is 0. The van der Waals surface area contributed by atoms with Gasteiger partial charge in [0.15, 0.2) is 0 Å². The molecule has 126 valence electrons. The Morgan fingerprint density at radius 2 is 1.96 bits per heavy atom. The van der Waals surface area contributed by atoms with Crippen LogP contribution in [-0.4, -0.2) is 30.7 Å². The maximum atomic E-state index is 13.4. The van der Waals surface area contributed by atoms with Gasteiger partial charge in [-0.1, -0.05) is 29.8 Å². The first-order chi connectivity index (χ1) is 11.5. The minimum absolute atomic E-state index is 0.0853. The summed E-state index contributed by atoms with van der Waals surface area (Å²) in [5.41, 5.74) is 3.03. The highest BCUT2D eigenvalue weighted by Crippen LogP contribution is 2.40. The van der Waals surface area contributed by atoms with Gasteiger partial charge in [-0.3, -0.25) is 4.79 Å². The number of anilines is 1. The lowest BCUT2D eigenvalue weighted by molar-refractivity contribution is -0.128. The van der Waals surface area contributed by atoms with Crippen molar-refractivity contribution in [2.75, 3.05) is 24.7 Å². The molecule has 0 bridgehead atoms. The molecule has 0 N–H and O–H groups in total. The first kappa shape index (κ1) is 17.1. The number of rotatable bonds is 4. The summed E-state index contributed by atoms with van der Waals surface area (Å²) < 4.78 is 13.4. The van der Waals surface area contributed by atoms with Crippen molar-refractivity contribution in [3.8, 4) is 0 Å². The van der Waals surface area contributed by atoms with Crippen LogP contribution < -0.4 is 4.90 Å². The van der Waals surface area contributed by atoms with Gasteiger partial charge in [-0.25, -0.2) is 4.39 Å². The summed E-state index contributed by atoms with van der Waals surface area (Å²) in [6, 6.07) is 12.8. The topological polar surface area (TPSA) is 23.6 Å². The zero-order valence-electron chi connectivity index (χ0n) is 13.5. The SMILES string of the molecule is CN(C)c1ccc(CN2C(=O)CSC2c2ccc(F)c(Cl)c2)cc1. The highest BCUT2D eigenvalue weighted by atomic mass is 35.5. The Morgan fingerprint density at radius 1 is 1.25 bits per heavy atom. The molecule has 2 aromatic carbocycles. The Labute approximate surface area is 150 Å². The fraction of sp³-hybridized carbons (Fsp3) is 0.278. The average Bonchev–Trinajstić information content (AvgIpc) is 2.92. The molecule has 1 saturated heterocycles. The minimum atomic E-state index is -0.444. The third kappa shape index (κ3) is 3.52. The van der Waals surface area contributed by atoms with Crippen LogP contribution in [-0.2, 0) is 11.3 Å². The number of benzene rings is 2. The Bertz CT molecular complexity index is 751. The van der Waals surface area contributed by atoms with E-state index in [9.17, 15) is 9.18 Å². The number of thioether (sulfide) groups is 1. The van der Waals surface area contributed by atoms with E-state index < -0.39 is 5.82 Å².